The molecular formula is C22H24N6O2. The number of H-pyrrole nitrogens is 1. The Kier molecular flexibility index (Phi) is 4.61. The molecule has 0 bridgehead atoms. The Morgan fingerprint density at radius 3 is 2.77 bits per heavy atom. The predicted molar refractivity (Wildman–Crippen MR) is 112 cm³/mol. The lowest BCUT2D eigenvalue weighted by atomic mass is 9.89. The Hall–Kier alpha value is -3.42. The number of carbonyl (C=O) groups is 1. The van der Waals surface area contributed by atoms with E-state index in [2.05, 4.69) is 32.1 Å². The molecule has 4 heterocycles. The van der Waals surface area contributed by atoms with Gasteiger partial charge in [0.05, 0.1) is 24.1 Å². The van der Waals surface area contributed by atoms with Gasteiger partial charge in [0, 0.05) is 50.3 Å². The minimum Gasteiger partial charge on any atom is -0.356 e. The van der Waals surface area contributed by atoms with Gasteiger partial charge in [-0.15, -0.1) is 0 Å². The fourth-order valence-corrected chi connectivity index (χ4v) is 4.86. The monoisotopic (exact) mass is 404 g/mol. The zero-order valence-electron chi connectivity index (χ0n) is 16.8. The third kappa shape index (κ3) is 3.18. The maximum atomic E-state index is 13.4. The lowest BCUT2D eigenvalue weighted by Crippen LogP contribution is -2.36. The van der Waals surface area contributed by atoms with Crippen molar-refractivity contribution in [1.82, 2.24) is 24.6 Å². The topological polar surface area (TPSA) is 87.1 Å². The molecule has 154 valence electrons. The van der Waals surface area contributed by atoms with Crippen LogP contribution in [0.3, 0.4) is 0 Å². The molecule has 8 heteroatoms. The number of nitrogens with one attached hydrogen (secondary N) is 1. The van der Waals surface area contributed by atoms with Crippen molar-refractivity contribution in [1.29, 1.82) is 0 Å². The van der Waals surface area contributed by atoms with Crippen LogP contribution in [0.25, 0.3) is 0 Å². The minimum absolute atomic E-state index is 0.0133. The van der Waals surface area contributed by atoms with Gasteiger partial charge in [-0.25, -0.2) is 4.98 Å². The zero-order chi connectivity index (χ0) is 20.7. The molecule has 30 heavy (non-hydrogen) atoms. The van der Waals surface area contributed by atoms with Crippen molar-refractivity contribution in [2.45, 2.75) is 19.5 Å². The first-order chi connectivity index (χ1) is 14.6. The Morgan fingerprint density at radius 1 is 1.20 bits per heavy atom. The molecule has 0 spiro atoms. The number of rotatable bonds is 4. The van der Waals surface area contributed by atoms with E-state index in [4.69, 9.17) is 0 Å². The first-order valence-corrected chi connectivity index (χ1v) is 10.3. The quantitative estimate of drug-likeness (QED) is 0.718. The Morgan fingerprint density at radius 2 is 2.03 bits per heavy atom. The average Bonchev–Trinajstić information content (AvgIpc) is 3.48. The number of hydrogen-bond acceptors (Lipinski definition) is 5. The van der Waals surface area contributed by atoms with Gasteiger partial charge in [-0.05, 0) is 12.5 Å². The van der Waals surface area contributed by atoms with Crippen molar-refractivity contribution in [3.05, 3.63) is 76.6 Å². The summed E-state index contributed by atoms with van der Waals surface area (Å²) in [5.74, 6) is 1.32. The highest BCUT2D eigenvalue weighted by molar-refractivity contribution is 5.94. The maximum Gasteiger partial charge on any atom is 0.257 e. The van der Waals surface area contributed by atoms with Gasteiger partial charge in [0.15, 0.2) is 0 Å². The van der Waals surface area contributed by atoms with Gasteiger partial charge >= 0.3 is 0 Å². The van der Waals surface area contributed by atoms with E-state index in [1.165, 1.54) is 6.33 Å². The highest BCUT2D eigenvalue weighted by Gasteiger charge is 2.49. The van der Waals surface area contributed by atoms with Gasteiger partial charge in [0.2, 0.25) is 0 Å². The highest BCUT2D eigenvalue weighted by Crippen LogP contribution is 2.46. The number of likely N-dealkylation sites (tertiary alicyclic amines) is 1. The number of anilines is 1. The van der Waals surface area contributed by atoms with E-state index in [1.54, 1.807) is 16.9 Å². The Bertz CT molecular complexity index is 1110. The molecule has 2 aliphatic rings. The van der Waals surface area contributed by atoms with Crippen LogP contribution >= 0.6 is 0 Å². The molecule has 1 amide bonds. The summed E-state index contributed by atoms with van der Waals surface area (Å²) in [5, 5.41) is 4.28. The highest BCUT2D eigenvalue weighted by atomic mass is 16.2. The van der Waals surface area contributed by atoms with Gasteiger partial charge in [-0.2, -0.15) is 5.10 Å². The van der Waals surface area contributed by atoms with E-state index in [9.17, 15) is 9.59 Å². The molecule has 0 aliphatic carbocycles. The van der Waals surface area contributed by atoms with Crippen LogP contribution in [-0.4, -0.2) is 50.2 Å². The number of fused-ring (bicyclic) bond motifs is 1. The molecule has 0 radical (unpaired) electrons. The summed E-state index contributed by atoms with van der Waals surface area (Å²) in [6.45, 7) is 4.96. The first kappa shape index (κ1) is 18.6. The van der Waals surface area contributed by atoms with Crippen LogP contribution in [0.4, 0.5) is 5.82 Å². The average molecular weight is 404 g/mol. The maximum absolute atomic E-state index is 13.4. The van der Waals surface area contributed by atoms with Crippen molar-refractivity contribution < 1.29 is 4.79 Å². The summed E-state index contributed by atoms with van der Waals surface area (Å²) in [6, 6.07) is 11.8. The standard InChI is InChI=1S/C22H24N6O2/c1-2-27-11-16(9-25-27)22(30)28-12-17-10-26(19-8-20(29)24-14-23-19)13-18(17)21(28)15-6-4-3-5-7-15/h3-9,11,14,17-18,21H,2,10,12-13H2,1H3,(H,23,24,29)/t17-,18-,21+/m0/s1. The molecule has 0 saturated carbocycles. The van der Waals surface area contributed by atoms with Gasteiger partial charge in [0.25, 0.3) is 11.5 Å². The van der Waals surface area contributed by atoms with Crippen LogP contribution in [0.1, 0.15) is 28.9 Å². The second-order valence-corrected chi connectivity index (χ2v) is 8.00. The molecule has 2 saturated heterocycles. The number of nitrogens with zero attached hydrogens (tertiary/aromatic N) is 5. The summed E-state index contributed by atoms with van der Waals surface area (Å²) in [6.07, 6.45) is 4.93. The predicted octanol–water partition coefficient (Wildman–Crippen LogP) is 1.94. The summed E-state index contributed by atoms with van der Waals surface area (Å²) < 4.78 is 1.78. The summed E-state index contributed by atoms with van der Waals surface area (Å²) in [7, 11) is 0. The van der Waals surface area contributed by atoms with Crippen LogP contribution in [0.2, 0.25) is 0 Å². The third-order valence-corrected chi connectivity index (χ3v) is 6.26. The van der Waals surface area contributed by atoms with Crippen molar-refractivity contribution in [2.24, 2.45) is 11.8 Å². The van der Waals surface area contributed by atoms with E-state index < -0.39 is 0 Å². The molecule has 2 aromatic heterocycles. The Balaban J connectivity index is 1.46. The zero-order valence-corrected chi connectivity index (χ0v) is 16.8. The van der Waals surface area contributed by atoms with Crippen LogP contribution in [-0.2, 0) is 6.54 Å². The van der Waals surface area contributed by atoms with Crippen LogP contribution in [0.5, 0.6) is 0 Å². The summed E-state index contributed by atoms with van der Waals surface area (Å²) in [5.41, 5.74) is 1.62. The van der Waals surface area contributed by atoms with Gasteiger partial charge in [-0.1, -0.05) is 30.3 Å². The van der Waals surface area contributed by atoms with E-state index >= 15 is 0 Å². The number of aromatic amines is 1. The van der Waals surface area contributed by atoms with E-state index in [0.717, 1.165) is 25.2 Å². The number of aryl methyl sites for hydroxylation is 1. The molecular weight excluding hydrogens is 380 g/mol. The normalized spacial score (nSPS) is 23.0. The van der Waals surface area contributed by atoms with Crippen molar-refractivity contribution in [3.63, 3.8) is 0 Å². The molecule has 0 unspecified atom stereocenters. The smallest absolute Gasteiger partial charge is 0.257 e. The summed E-state index contributed by atoms with van der Waals surface area (Å²) >= 11 is 0. The van der Waals surface area contributed by atoms with Gasteiger partial charge < -0.3 is 14.8 Å². The molecule has 3 atom stereocenters. The molecule has 8 nitrogen and oxygen atoms in total. The molecule has 5 rings (SSSR count). The summed E-state index contributed by atoms with van der Waals surface area (Å²) in [4.78, 5) is 36.2. The van der Waals surface area contributed by atoms with Crippen molar-refractivity contribution >= 4 is 11.7 Å². The van der Waals surface area contributed by atoms with E-state index in [1.807, 2.05) is 36.2 Å². The lowest BCUT2D eigenvalue weighted by molar-refractivity contribution is 0.0715. The van der Waals surface area contributed by atoms with Gasteiger partial charge in [0.1, 0.15) is 5.82 Å². The molecule has 2 fully saturated rings. The van der Waals surface area contributed by atoms with E-state index in [0.29, 0.717) is 23.8 Å². The van der Waals surface area contributed by atoms with Crippen LogP contribution in [0.15, 0.2) is 59.9 Å². The second kappa shape index (κ2) is 7.44. The SMILES string of the molecule is CCn1cc(C(=O)N2C[C@@H]3CN(c4cc(=O)[nH]cn4)C[C@@H]3[C@H]2c2ccccc2)cn1. The van der Waals surface area contributed by atoms with Crippen LogP contribution in [0, 0.1) is 11.8 Å². The minimum atomic E-state index is -0.151. The van der Waals surface area contributed by atoms with Gasteiger partial charge in [-0.3, -0.25) is 14.3 Å². The number of amides is 1. The largest absolute Gasteiger partial charge is 0.356 e. The molecule has 1 N–H and O–H groups in total. The third-order valence-electron chi connectivity index (χ3n) is 6.26. The lowest BCUT2D eigenvalue weighted by Gasteiger charge is -2.30. The second-order valence-electron chi connectivity index (χ2n) is 8.00. The van der Waals surface area contributed by atoms with E-state index in [-0.39, 0.29) is 23.4 Å². The number of carbonyl (C=O) groups excluding carboxylic acids is 1. The number of hydrogen-bond donors (Lipinski definition) is 1. The fraction of sp³-hybridized carbons (Fsp3) is 0.364. The molecule has 1 aromatic carbocycles. The first-order valence-electron chi connectivity index (χ1n) is 10.3. The fourth-order valence-electron chi connectivity index (χ4n) is 4.86. The van der Waals surface area contributed by atoms with Crippen LogP contribution < -0.4 is 10.5 Å². The molecule has 2 aliphatic heterocycles. The number of benzene rings is 1. The van der Waals surface area contributed by atoms with Crippen molar-refractivity contribution in [3.8, 4) is 0 Å². The van der Waals surface area contributed by atoms with Crippen molar-refractivity contribution in [2.75, 3.05) is 24.5 Å². The Labute approximate surface area is 174 Å². The number of aromatic nitrogens is 4. The molecule has 3 aromatic rings.